The molecule has 4 aliphatic rings. The molecule has 0 radical (unpaired) electrons. The number of hydrogen-bond acceptors (Lipinski definition) is 7. The third-order valence-electron chi connectivity index (χ3n) is 9.31. The van der Waals surface area contributed by atoms with Crippen molar-refractivity contribution in [2.24, 2.45) is 11.8 Å². The van der Waals surface area contributed by atoms with Crippen LogP contribution in [0.15, 0.2) is 54.6 Å². The minimum absolute atomic E-state index is 0.113. The Morgan fingerprint density at radius 3 is 2.50 bits per heavy atom. The van der Waals surface area contributed by atoms with Crippen LogP contribution in [0.3, 0.4) is 0 Å². The van der Waals surface area contributed by atoms with E-state index in [9.17, 15) is 24.3 Å². The topological polar surface area (TPSA) is 125 Å². The van der Waals surface area contributed by atoms with E-state index in [1.807, 2.05) is 62.4 Å². The summed E-state index contributed by atoms with van der Waals surface area (Å²) in [6.45, 7) is 6.45. The first-order valence-electron chi connectivity index (χ1n) is 16.0. The van der Waals surface area contributed by atoms with Gasteiger partial charge in [-0.25, -0.2) is 0 Å². The van der Waals surface area contributed by atoms with Gasteiger partial charge in [-0.2, -0.15) is 0 Å². The van der Waals surface area contributed by atoms with Gasteiger partial charge in [0.25, 0.3) is 0 Å². The molecule has 1 spiro atoms. The number of carbonyl (C=O) groups excluding carboxylic acids is 4. The van der Waals surface area contributed by atoms with Crippen LogP contribution < -0.4 is 5.32 Å². The molecule has 238 valence electrons. The molecule has 4 heterocycles. The zero-order chi connectivity index (χ0) is 31.4. The summed E-state index contributed by atoms with van der Waals surface area (Å²) in [5.41, 5.74) is -0.552. The Kier molecular flexibility index (Phi) is 9.90. The molecule has 10 heteroatoms. The number of unbranched alkanes of at least 4 members (excludes halogenated alkanes) is 3. The van der Waals surface area contributed by atoms with Crippen LogP contribution in [-0.4, -0.2) is 88.1 Å². The van der Waals surface area contributed by atoms with Crippen molar-refractivity contribution in [1.82, 2.24) is 15.1 Å². The number of nitrogens with zero attached hydrogens (tertiary/aromatic N) is 2. The summed E-state index contributed by atoms with van der Waals surface area (Å²) >= 11 is 0. The Bertz CT molecular complexity index is 1280. The summed E-state index contributed by atoms with van der Waals surface area (Å²) in [5, 5.41) is 12.2. The predicted molar refractivity (Wildman–Crippen MR) is 163 cm³/mol. The molecule has 0 saturated carbocycles. The van der Waals surface area contributed by atoms with Crippen molar-refractivity contribution in [3.8, 4) is 0 Å². The Balaban J connectivity index is 1.53. The quantitative estimate of drug-likeness (QED) is 0.264. The number of carbonyl (C=O) groups is 4. The van der Waals surface area contributed by atoms with E-state index in [1.165, 1.54) is 0 Å². The molecule has 4 aliphatic heterocycles. The van der Waals surface area contributed by atoms with Crippen LogP contribution in [0.1, 0.15) is 71.0 Å². The van der Waals surface area contributed by atoms with E-state index in [0.717, 1.165) is 18.4 Å². The van der Waals surface area contributed by atoms with Crippen LogP contribution in [0, 0.1) is 11.8 Å². The number of nitrogens with one attached hydrogen (secondary N) is 1. The third kappa shape index (κ3) is 6.06. The van der Waals surface area contributed by atoms with Crippen molar-refractivity contribution in [2.75, 3.05) is 19.7 Å². The number of cyclic esters (lactones) is 1. The Morgan fingerprint density at radius 2 is 1.77 bits per heavy atom. The van der Waals surface area contributed by atoms with E-state index in [0.29, 0.717) is 32.4 Å². The maximum Gasteiger partial charge on any atom is 0.313 e. The lowest BCUT2D eigenvalue weighted by molar-refractivity contribution is -0.161. The number of rotatable bonds is 8. The molecule has 2 saturated heterocycles. The van der Waals surface area contributed by atoms with Gasteiger partial charge in [0.1, 0.15) is 23.7 Å². The molecule has 0 aliphatic carbocycles. The molecule has 0 unspecified atom stereocenters. The van der Waals surface area contributed by atoms with Gasteiger partial charge in [0.2, 0.25) is 17.7 Å². The normalized spacial score (nSPS) is 33.1. The molecular weight excluding hydrogens is 562 g/mol. The smallest absolute Gasteiger partial charge is 0.313 e. The van der Waals surface area contributed by atoms with Crippen LogP contribution >= 0.6 is 0 Å². The van der Waals surface area contributed by atoms with Crippen LogP contribution in [0.2, 0.25) is 0 Å². The van der Waals surface area contributed by atoms with Gasteiger partial charge in [-0.3, -0.25) is 19.2 Å². The maximum atomic E-state index is 14.4. The molecule has 2 fully saturated rings. The van der Waals surface area contributed by atoms with Crippen LogP contribution in [-0.2, 0) is 28.7 Å². The highest BCUT2D eigenvalue weighted by molar-refractivity contribution is 5.99. The van der Waals surface area contributed by atoms with E-state index >= 15 is 0 Å². The van der Waals surface area contributed by atoms with Crippen molar-refractivity contribution < 1.29 is 33.8 Å². The van der Waals surface area contributed by atoms with Gasteiger partial charge in [0, 0.05) is 32.2 Å². The molecule has 1 aromatic rings. The van der Waals surface area contributed by atoms with Crippen molar-refractivity contribution in [3.63, 3.8) is 0 Å². The Labute approximate surface area is 259 Å². The first-order valence-corrected chi connectivity index (χ1v) is 16.0. The molecule has 3 amide bonds. The summed E-state index contributed by atoms with van der Waals surface area (Å²) < 4.78 is 12.7. The number of benzene rings is 1. The first-order chi connectivity index (χ1) is 21.2. The second kappa shape index (κ2) is 13.6. The first kappa shape index (κ1) is 31.9. The molecule has 10 nitrogen and oxygen atoms in total. The molecule has 2 N–H and O–H groups in total. The van der Waals surface area contributed by atoms with Crippen molar-refractivity contribution in [2.45, 2.75) is 95.2 Å². The van der Waals surface area contributed by atoms with E-state index < -0.39 is 47.7 Å². The van der Waals surface area contributed by atoms with E-state index in [4.69, 9.17) is 9.47 Å². The number of aliphatic hydroxyl groups excluding tert-OH is 1. The second-order valence-corrected chi connectivity index (χ2v) is 12.6. The number of fused-ring (bicyclic) bond motifs is 2. The fourth-order valence-corrected chi connectivity index (χ4v) is 7.14. The molecule has 5 bridgehead atoms. The minimum atomic E-state index is -1.28. The summed E-state index contributed by atoms with van der Waals surface area (Å²) in [5.74, 6) is -3.10. The maximum absolute atomic E-state index is 14.4. The lowest BCUT2D eigenvalue weighted by atomic mass is 9.74. The summed E-state index contributed by atoms with van der Waals surface area (Å²) in [4.78, 5) is 59.0. The average molecular weight is 608 g/mol. The van der Waals surface area contributed by atoms with Crippen molar-refractivity contribution in [1.29, 1.82) is 0 Å². The van der Waals surface area contributed by atoms with Gasteiger partial charge in [-0.05, 0) is 45.6 Å². The number of hydrogen-bond donors (Lipinski definition) is 2. The summed E-state index contributed by atoms with van der Waals surface area (Å²) in [6, 6.07) is 7.64. The Hall–Kier alpha value is -3.50. The number of allylic oxidation sites excluding steroid dienone is 1. The third-order valence-corrected chi connectivity index (χ3v) is 9.31. The summed E-state index contributed by atoms with van der Waals surface area (Å²) in [7, 11) is 0. The number of amides is 3. The molecule has 7 atom stereocenters. The highest BCUT2D eigenvalue weighted by Crippen LogP contribution is 2.56. The van der Waals surface area contributed by atoms with Crippen LogP contribution in [0.5, 0.6) is 0 Å². The van der Waals surface area contributed by atoms with Crippen molar-refractivity contribution in [3.05, 3.63) is 60.2 Å². The van der Waals surface area contributed by atoms with Gasteiger partial charge >= 0.3 is 5.97 Å². The number of aliphatic hydroxyl groups is 1. The zero-order valence-electron chi connectivity index (χ0n) is 25.9. The Morgan fingerprint density at radius 1 is 1.02 bits per heavy atom. The molecule has 5 rings (SSSR count). The number of esters is 1. The number of likely N-dealkylation sites (tertiary alicyclic amines) is 1. The lowest BCUT2D eigenvalue weighted by Gasteiger charge is -2.37. The largest absolute Gasteiger partial charge is 0.455 e. The number of ether oxygens (including phenoxy) is 2. The fraction of sp³-hybridized carbons (Fsp3) is 0.588. The fourth-order valence-electron chi connectivity index (χ4n) is 7.14. The SMILES string of the molecule is CC(C)N1C/C=C\CCC(=O)N[C@@H](C)[C@H](c2ccccc2)OC(=O)[C@@H]2[C@H]3C(=O)N(CCCCCCO)[C@H](C1=O)[C@]31C=C[C@H]2O1. The lowest BCUT2D eigenvalue weighted by Crippen LogP contribution is -2.57. The van der Waals surface area contributed by atoms with Crippen molar-refractivity contribution >= 4 is 23.7 Å². The van der Waals surface area contributed by atoms with Crippen LogP contribution in [0.25, 0.3) is 0 Å². The average Bonchev–Trinajstić information content (AvgIpc) is 3.64. The molecule has 1 aromatic carbocycles. The van der Waals surface area contributed by atoms with E-state index in [-0.39, 0.29) is 36.8 Å². The highest BCUT2D eigenvalue weighted by Gasteiger charge is 2.73. The summed E-state index contributed by atoms with van der Waals surface area (Å²) in [6.07, 6.45) is 9.60. The predicted octanol–water partition coefficient (Wildman–Crippen LogP) is 3.07. The standard InChI is InChI=1S/C34H45N3O7/c1-22(2)36-19-12-7-10-16-26(39)35-23(3)29(24-14-8-6-9-15-24)43-33(42)27-25-17-18-34(44-25)28(27)31(40)37(30(34)32(36)41)20-11-4-5-13-21-38/h6-9,12,14-15,17-18,22-23,25,27-30,38H,4-5,10-11,13,16,19-21H2,1-3H3,(H,35,39)/b12-7-/t23-,25+,27-,28-,29+,30+,34-/m0/s1. The minimum Gasteiger partial charge on any atom is -0.455 e. The van der Waals surface area contributed by atoms with Gasteiger partial charge in [-0.15, -0.1) is 0 Å². The highest BCUT2D eigenvalue weighted by atomic mass is 16.6. The zero-order valence-corrected chi connectivity index (χ0v) is 25.9. The van der Waals surface area contributed by atoms with E-state index in [2.05, 4.69) is 5.32 Å². The van der Waals surface area contributed by atoms with Crippen LogP contribution in [0.4, 0.5) is 0 Å². The monoisotopic (exact) mass is 607 g/mol. The van der Waals surface area contributed by atoms with Gasteiger partial charge in [0.05, 0.1) is 18.1 Å². The van der Waals surface area contributed by atoms with Gasteiger partial charge < -0.3 is 29.7 Å². The van der Waals surface area contributed by atoms with Gasteiger partial charge in [-0.1, -0.05) is 67.5 Å². The molecule has 0 aromatic heterocycles. The van der Waals surface area contributed by atoms with E-state index in [1.54, 1.807) is 22.8 Å². The molecule has 44 heavy (non-hydrogen) atoms. The second-order valence-electron chi connectivity index (χ2n) is 12.6. The van der Waals surface area contributed by atoms with Gasteiger partial charge in [0.15, 0.2) is 0 Å². The molecular formula is C34H45N3O7.